The van der Waals surface area contributed by atoms with Gasteiger partial charge >= 0.3 is 5.97 Å². The van der Waals surface area contributed by atoms with Gasteiger partial charge in [0.15, 0.2) is 0 Å². The van der Waals surface area contributed by atoms with Crippen LogP contribution in [0.1, 0.15) is 44.0 Å². The van der Waals surface area contributed by atoms with Crippen molar-refractivity contribution in [2.45, 2.75) is 45.8 Å². The molecule has 1 rings (SSSR count). The summed E-state index contributed by atoms with van der Waals surface area (Å²) in [5, 5.41) is 2.25. The topological polar surface area (TPSA) is 68.9 Å². The smallest absolute Gasteiger partial charge is 0.338 e. The number of ether oxygens (including phenoxy) is 1. The number of hydrogen-bond donors (Lipinski definition) is 2. The Labute approximate surface area is 127 Å². The molecule has 114 valence electrons. The van der Waals surface area contributed by atoms with Gasteiger partial charge in [0.25, 0.3) is 0 Å². The fourth-order valence-electron chi connectivity index (χ4n) is 1.92. The van der Waals surface area contributed by atoms with E-state index in [1.165, 1.54) is 0 Å². The van der Waals surface area contributed by atoms with Gasteiger partial charge in [-0.3, -0.25) is 0 Å². The van der Waals surface area contributed by atoms with Crippen LogP contribution in [0.4, 0.5) is 5.69 Å². The Hall–Kier alpha value is -1.26. The monoisotopic (exact) mass is 300 g/mol. The summed E-state index contributed by atoms with van der Waals surface area (Å²) in [5.74, 6) is -0.287. The summed E-state index contributed by atoms with van der Waals surface area (Å²) in [5.41, 5.74) is 6.77. The van der Waals surface area contributed by atoms with Gasteiger partial charge in [-0.2, -0.15) is 0 Å². The van der Waals surface area contributed by atoms with Gasteiger partial charge in [0.05, 0.1) is 11.6 Å². The SMILES string of the molecule is CCC(CC)[NH2+]CC(C)OC(=O)c1ccc(N)cc1.[Cl-]. The van der Waals surface area contributed by atoms with Crippen LogP contribution in [0.5, 0.6) is 0 Å². The summed E-state index contributed by atoms with van der Waals surface area (Å²) in [6, 6.07) is 7.40. The molecule has 0 radical (unpaired) electrons. The Morgan fingerprint density at radius 1 is 1.25 bits per heavy atom. The molecule has 0 spiro atoms. The number of carbonyl (C=O) groups is 1. The molecule has 1 aromatic rings. The van der Waals surface area contributed by atoms with Crippen molar-refractivity contribution < 1.29 is 27.3 Å². The van der Waals surface area contributed by atoms with Gasteiger partial charge in [-0.05, 0) is 44.0 Å². The van der Waals surface area contributed by atoms with Crippen molar-refractivity contribution in [1.29, 1.82) is 0 Å². The average molecular weight is 301 g/mol. The number of nitrogens with two attached hydrogens (primary N) is 2. The lowest BCUT2D eigenvalue weighted by Gasteiger charge is -2.16. The van der Waals surface area contributed by atoms with E-state index < -0.39 is 0 Å². The molecule has 1 atom stereocenters. The van der Waals surface area contributed by atoms with E-state index in [1.807, 2.05) is 6.92 Å². The highest BCUT2D eigenvalue weighted by Crippen LogP contribution is 2.07. The molecule has 0 aliphatic carbocycles. The molecule has 0 amide bonds. The third-order valence-electron chi connectivity index (χ3n) is 3.30. The number of halogens is 1. The molecule has 0 saturated carbocycles. The fourth-order valence-corrected chi connectivity index (χ4v) is 1.92. The summed E-state index contributed by atoms with van der Waals surface area (Å²) >= 11 is 0. The molecule has 20 heavy (non-hydrogen) atoms. The maximum absolute atomic E-state index is 11.9. The molecule has 0 fully saturated rings. The van der Waals surface area contributed by atoms with Gasteiger partial charge in [0.1, 0.15) is 12.6 Å². The highest BCUT2D eigenvalue weighted by molar-refractivity contribution is 5.89. The Bertz CT molecular complexity index is 391. The predicted molar refractivity (Wildman–Crippen MR) is 76.9 cm³/mol. The summed E-state index contributed by atoms with van der Waals surface area (Å²) in [6.45, 7) is 7.08. The van der Waals surface area contributed by atoms with Gasteiger partial charge in [0, 0.05) is 5.69 Å². The maximum Gasteiger partial charge on any atom is 0.338 e. The van der Waals surface area contributed by atoms with Gasteiger partial charge in [-0.25, -0.2) is 4.79 Å². The van der Waals surface area contributed by atoms with Crippen LogP contribution in [0.3, 0.4) is 0 Å². The zero-order chi connectivity index (χ0) is 14.3. The Morgan fingerprint density at radius 3 is 2.30 bits per heavy atom. The lowest BCUT2D eigenvalue weighted by Crippen LogP contribution is -3.00. The minimum atomic E-state index is -0.287. The van der Waals surface area contributed by atoms with E-state index >= 15 is 0 Å². The molecule has 0 aliphatic rings. The molecule has 4 N–H and O–H groups in total. The largest absolute Gasteiger partial charge is 1.00 e. The first-order valence-corrected chi connectivity index (χ1v) is 6.96. The predicted octanol–water partition coefficient (Wildman–Crippen LogP) is -1.43. The third kappa shape index (κ3) is 6.26. The molecule has 0 aromatic heterocycles. The first-order chi connectivity index (χ1) is 9.06. The summed E-state index contributed by atoms with van der Waals surface area (Å²) in [7, 11) is 0. The van der Waals surface area contributed by atoms with Gasteiger partial charge < -0.3 is 28.2 Å². The summed E-state index contributed by atoms with van der Waals surface area (Å²) < 4.78 is 5.40. The normalized spacial score (nSPS) is 11.8. The second-order valence-corrected chi connectivity index (χ2v) is 4.89. The van der Waals surface area contributed by atoms with E-state index in [1.54, 1.807) is 24.3 Å². The van der Waals surface area contributed by atoms with E-state index in [0.29, 0.717) is 17.3 Å². The van der Waals surface area contributed by atoms with Crippen LogP contribution in [-0.2, 0) is 4.74 Å². The number of hydrogen-bond acceptors (Lipinski definition) is 3. The van der Waals surface area contributed by atoms with Crippen molar-refractivity contribution in [1.82, 2.24) is 0 Å². The van der Waals surface area contributed by atoms with Crippen LogP contribution in [0, 0.1) is 0 Å². The lowest BCUT2D eigenvalue weighted by molar-refractivity contribution is -0.694. The van der Waals surface area contributed by atoms with Crippen molar-refractivity contribution in [2.24, 2.45) is 0 Å². The highest BCUT2D eigenvalue weighted by Gasteiger charge is 2.15. The van der Waals surface area contributed by atoms with E-state index in [2.05, 4.69) is 19.2 Å². The Kier molecular flexibility index (Phi) is 9.01. The number of nitrogen functional groups attached to an aromatic ring is 1. The Morgan fingerprint density at radius 2 is 1.80 bits per heavy atom. The molecular weight excluding hydrogens is 276 g/mol. The average Bonchev–Trinajstić information content (AvgIpc) is 2.40. The number of quaternary nitrogens is 1. The van der Waals surface area contributed by atoms with E-state index in [-0.39, 0.29) is 24.5 Å². The molecular formula is C15H25ClN2O2. The lowest BCUT2D eigenvalue weighted by atomic mass is 10.1. The first kappa shape index (κ1) is 18.7. The van der Waals surface area contributed by atoms with Gasteiger partial charge in [-0.15, -0.1) is 0 Å². The zero-order valence-electron chi connectivity index (χ0n) is 12.4. The van der Waals surface area contributed by atoms with E-state index in [9.17, 15) is 4.79 Å². The Balaban J connectivity index is 0.00000361. The van der Waals surface area contributed by atoms with Crippen molar-refractivity contribution in [3.05, 3.63) is 29.8 Å². The van der Waals surface area contributed by atoms with Crippen molar-refractivity contribution in [3.63, 3.8) is 0 Å². The van der Waals surface area contributed by atoms with Crippen LogP contribution in [0.2, 0.25) is 0 Å². The minimum absolute atomic E-state index is 0. The fraction of sp³-hybridized carbons (Fsp3) is 0.533. The van der Waals surface area contributed by atoms with Crippen LogP contribution in [-0.4, -0.2) is 24.7 Å². The zero-order valence-corrected chi connectivity index (χ0v) is 13.2. The quantitative estimate of drug-likeness (QED) is 0.479. The molecule has 0 saturated heterocycles. The molecule has 0 aliphatic heterocycles. The van der Waals surface area contributed by atoms with Crippen LogP contribution < -0.4 is 23.5 Å². The van der Waals surface area contributed by atoms with Crippen LogP contribution in [0.25, 0.3) is 0 Å². The van der Waals surface area contributed by atoms with Crippen LogP contribution >= 0.6 is 0 Å². The number of benzene rings is 1. The second-order valence-electron chi connectivity index (χ2n) is 4.89. The summed E-state index contributed by atoms with van der Waals surface area (Å²) in [4.78, 5) is 11.9. The van der Waals surface area contributed by atoms with Gasteiger partial charge in [-0.1, -0.05) is 13.8 Å². The van der Waals surface area contributed by atoms with E-state index in [4.69, 9.17) is 10.5 Å². The third-order valence-corrected chi connectivity index (χ3v) is 3.30. The maximum atomic E-state index is 11.9. The van der Waals surface area contributed by atoms with Crippen molar-refractivity contribution >= 4 is 11.7 Å². The standard InChI is InChI=1S/C15H24N2O2.ClH/c1-4-14(5-2)17-10-11(3)19-15(18)12-6-8-13(16)9-7-12;/h6-9,11,14,17H,4-5,10,16H2,1-3H3;1H. The molecule has 1 aromatic carbocycles. The molecule has 0 bridgehead atoms. The number of carbonyl (C=O) groups excluding carboxylic acids is 1. The van der Waals surface area contributed by atoms with Gasteiger partial charge in [0.2, 0.25) is 0 Å². The minimum Gasteiger partial charge on any atom is -1.00 e. The molecule has 4 nitrogen and oxygen atoms in total. The molecule has 1 unspecified atom stereocenters. The summed E-state index contributed by atoms with van der Waals surface area (Å²) in [6.07, 6.45) is 2.18. The van der Waals surface area contributed by atoms with E-state index in [0.717, 1.165) is 19.4 Å². The second kappa shape index (κ2) is 9.61. The molecule has 0 heterocycles. The van der Waals surface area contributed by atoms with Crippen molar-refractivity contribution in [2.75, 3.05) is 12.3 Å². The van der Waals surface area contributed by atoms with Crippen molar-refractivity contribution in [3.8, 4) is 0 Å². The number of anilines is 1. The highest BCUT2D eigenvalue weighted by atomic mass is 35.5. The number of rotatable bonds is 7. The molecule has 5 heteroatoms. The number of esters is 1. The van der Waals surface area contributed by atoms with Crippen LogP contribution in [0.15, 0.2) is 24.3 Å². The first-order valence-electron chi connectivity index (χ1n) is 6.96.